The van der Waals surface area contributed by atoms with Gasteiger partial charge in [-0.05, 0) is 43.9 Å². The number of rotatable bonds is 3. The maximum absolute atomic E-state index is 12.9. The standard InChI is InChI=1S/C14H17Cl2NO3S/c1-9-7-12(15)10(2)14(13(9)16)21(19,20)17-6-4-3-5-11(17)8-18/h7-8,11H,3-6H2,1-2H3. The summed E-state index contributed by atoms with van der Waals surface area (Å²) >= 11 is 12.3. The molecule has 7 heteroatoms. The van der Waals surface area contributed by atoms with Gasteiger partial charge in [0.05, 0.1) is 11.1 Å². The number of aldehydes is 1. The Morgan fingerprint density at radius 2 is 1.95 bits per heavy atom. The van der Waals surface area contributed by atoms with Gasteiger partial charge in [0, 0.05) is 11.6 Å². The lowest BCUT2D eigenvalue weighted by atomic mass is 10.1. The van der Waals surface area contributed by atoms with Crippen molar-refractivity contribution in [1.82, 2.24) is 4.31 Å². The third kappa shape index (κ3) is 2.97. The van der Waals surface area contributed by atoms with Crippen LogP contribution in [-0.4, -0.2) is 31.6 Å². The van der Waals surface area contributed by atoms with Crippen molar-refractivity contribution in [2.45, 2.75) is 44.0 Å². The Morgan fingerprint density at radius 1 is 1.29 bits per heavy atom. The van der Waals surface area contributed by atoms with Crippen molar-refractivity contribution in [3.05, 3.63) is 27.2 Å². The largest absolute Gasteiger partial charge is 0.302 e. The fraction of sp³-hybridized carbons (Fsp3) is 0.500. The highest BCUT2D eigenvalue weighted by molar-refractivity contribution is 7.89. The zero-order valence-electron chi connectivity index (χ0n) is 11.9. The Balaban J connectivity index is 2.61. The van der Waals surface area contributed by atoms with Crippen LogP contribution in [0.4, 0.5) is 0 Å². The number of nitrogens with zero attached hydrogens (tertiary/aromatic N) is 1. The number of sulfonamides is 1. The van der Waals surface area contributed by atoms with Crippen LogP contribution in [0.25, 0.3) is 0 Å². The molecule has 1 aliphatic rings. The normalized spacial score (nSPS) is 20.5. The minimum atomic E-state index is -3.84. The number of aryl methyl sites for hydroxylation is 1. The van der Waals surface area contributed by atoms with E-state index in [1.54, 1.807) is 19.9 Å². The van der Waals surface area contributed by atoms with E-state index in [1.165, 1.54) is 4.31 Å². The van der Waals surface area contributed by atoms with Crippen molar-refractivity contribution < 1.29 is 13.2 Å². The molecule has 0 radical (unpaired) electrons. The first-order valence-corrected chi connectivity index (χ1v) is 8.92. The van der Waals surface area contributed by atoms with E-state index in [9.17, 15) is 13.2 Å². The maximum atomic E-state index is 12.9. The van der Waals surface area contributed by atoms with E-state index in [2.05, 4.69) is 0 Å². The quantitative estimate of drug-likeness (QED) is 0.786. The summed E-state index contributed by atoms with van der Waals surface area (Å²) in [6, 6.07) is 1.02. The summed E-state index contributed by atoms with van der Waals surface area (Å²) < 4.78 is 27.1. The van der Waals surface area contributed by atoms with Crippen molar-refractivity contribution >= 4 is 39.5 Å². The van der Waals surface area contributed by atoms with Gasteiger partial charge >= 0.3 is 0 Å². The molecule has 0 spiro atoms. The first-order chi connectivity index (χ1) is 9.80. The van der Waals surface area contributed by atoms with E-state index in [0.717, 1.165) is 12.8 Å². The monoisotopic (exact) mass is 349 g/mol. The summed E-state index contributed by atoms with van der Waals surface area (Å²) in [5.41, 5.74) is 1.02. The lowest BCUT2D eigenvalue weighted by Gasteiger charge is -2.32. The molecule has 1 aromatic carbocycles. The molecule has 0 amide bonds. The number of carbonyl (C=O) groups excluding carboxylic acids is 1. The van der Waals surface area contributed by atoms with Gasteiger partial charge in [-0.3, -0.25) is 0 Å². The molecule has 1 unspecified atom stereocenters. The van der Waals surface area contributed by atoms with E-state index in [0.29, 0.717) is 35.4 Å². The summed E-state index contributed by atoms with van der Waals surface area (Å²) in [5, 5.41) is 0.530. The highest BCUT2D eigenvalue weighted by Gasteiger charge is 2.36. The Labute approximate surface area is 135 Å². The predicted octanol–water partition coefficient (Wildman–Crippen LogP) is 3.35. The van der Waals surface area contributed by atoms with Gasteiger partial charge in [0.1, 0.15) is 11.2 Å². The second kappa shape index (κ2) is 6.24. The van der Waals surface area contributed by atoms with Gasteiger partial charge in [-0.1, -0.05) is 29.6 Å². The number of carbonyl (C=O) groups is 1. The van der Waals surface area contributed by atoms with E-state index < -0.39 is 16.1 Å². The molecule has 21 heavy (non-hydrogen) atoms. The van der Waals surface area contributed by atoms with E-state index in [4.69, 9.17) is 23.2 Å². The molecule has 1 aliphatic heterocycles. The first-order valence-electron chi connectivity index (χ1n) is 6.73. The highest BCUT2D eigenvalue weighted by Crippen LogP contribution is 2.36. The van der Waals surface area contributed by atoms with Crippen molar-refractivity contribution in [1.29, 1.82) is 0 Å². The van der Waals surface area contributed by atoms with Crippen molar-refractivity contribution in [3.8, 4) is 0 Å². The molecule has 0 bridgehead atoms. The van der Waals surface area contributed by atoms with Gasteiger partial charge in [0.15, 0.2) is 0 Å². The summed E-state index contributed by atoms with van der Waals surface area (Å²) in [6.45, 7) is 3.66. The molecule has 2 rings (SSSR count). The number of piperidine rings is 1. The lowest BCUT2D eigenvalue weighted by molar-refractivity contribution is -0.111. The van der Waals surface area contributed by atoms with Crippen LogP contribution in [0, 0.1) is 13.8 Å². The Hall–Kier alpha value is -0.620. The van der Waals surface area contributed by atoms with Crippen LogP contribution in [0.2, 0.25) is 10.0 Å². The number of hydrogen-bond donors (Lipinski definition) is 0. The number of halogens is 2. The molecule has 1 aromatic rings. The van der Waals surface area contributed by atoms with Crippen molar-refractivity contribution in [3.63, 3.8) is 0 Å². The number of hydrogen-bond acceptors (Lipinski definition) is 3. The van der Waals surface area contributed by atoms with Gasteiger partial charge in [-0.2, -0.15) is 4.31 Å². The van der Waals surface area contributed by atoms with Crippen molar-refractivity contribution in [2.24, 2.45) is 0 Å². The second-order valence-electron chi connectivity index (χ2n) is 5.26. The first kappa shape index (κ1) is 16.7. The molecular weight excluding hydrogens is 333 g/mol. The molecule has 1 fully saturated rings. The van der Waals surface area contributed by atoms with Gasteiger partial charge in [0.25, 0.3) is 0 Å². The van der Waals surface area contributed by atoms with Crippen LogP contribution in [0.3, 0.4) is 0 Å². The Bertz CT molecular complexity index is 647. The third-order valence-electron chi connectivity index (χ3n) is 3.81. The van der Waals surface area contributed by atoms with Gasteiger partial charge in [-0.15, -0.1) is 0 Å². The molecule has 1 saturated heterocycles. The molecule has 0 aromatic heterocycles. The van der Waals surface area contributed by atoms with Crippen LogP contribution in [0.5, 0.6) is 0 Å². The van der Waals surface area contributed by atoms with Crippen LogP contribution in [0.15, 0.2) is 11.0 Å². The minimum absolute atomic E-state index is 0.0166. The lowest BCUT2D eigenvalue weighted by Crippen LogP contribution is -2.44. The molecule has 1 atom stereocenters. The van der Waals surface area contributed by atoms with E-state index in [1.807, 2.05) is 0 Å². The topological polar surface area (TPSA) is 54.5 Å². The van der Waals surface area contributed by atoms with E-state index >= 15 is 0 Å². The molecule has 1 heterocycles. The second-order valence-corrected chi connectivity index (χ2v) is 7.87. The van der Waals surface area contributed by atoms with Gasteiger partial charge < -0.3 is 4.79 Å². The zero-order valence-corrected chi connectivity index (χ0v) is 14.2. The maximum Gasteiger partial charge on any atom is 0.245 e. The molecular formula is C14H17Cl2NO3S. The average Bonchev–Trinajstić information content (AvgIpc) is 2.45. The molecule has 0 N–H and O–H groups in total. The van der Waals surface area contributed by atoms with Crippen LogP contribution < -0.4 is 0 Å². The zero-order chi connectivity index (χ0) is 15.8. The minimum Gasteiger partial charge on any atom is -0.302 e. The van der Waals surface area contributed by atoms with Gasteiger partial charge in [-0.25, -0.2) is 8.42 Å². The summed E-state index contributed by atoms with van der Waals surface area (Å²) in [7, 11) is -3.84. The smallest absolute Gasteiger partial charge is 0.245 e. The van der Waals surface area contributed by atoms with Crippen LogP contribution in [-0.2, 0) is 14.8 Å². The van der Waals surface area contributed by atoms with Crippen molar-refractivity contribution in [2.75, 3.05) is 6.54 Å². The Morgan fingerprint density at radius 3 is 2.57 bits per heavy atom. The molecule has 0 aliphatic carbocycles. The third-order valence-corrected chi connectivity index (χ3v) is 6.90. The number of benzene rings is 1. The SMILES string of the molecule is Cc1cc(Cl)c(C)c(S(=O)(=O)N2CCCCC2C=O)c1Cl. The van der Waals surface area contributed by atoms with Gasteiger partial charge in [0.2, 0.25) is 10.0 Å². The highest BCUT2D eigenvalue weighted by atomic mass is 35.5. The average molecular weight is 350 g/mol. The summed E-state index contributed by atoms with van der Waals surface area (Å²) in [5.74, 6) is 0. The molecule has 0 saturated carbocycles. The summed E-state index contributed by atoms with van der Waals surface area (Å²) in [6.07, 6.45) is 2.81. The Kier molecular flexibility index (Phi) is 4.98. The van der Waals surface area contributed by atoms with Crippen LogP contribution >= 0.6 is 23.2 Å². The predicted molar refractivity (Wildman–Crippen MR) is 83.5 cm³/mol. The molecule has 116 valence electrons. The fourth-order valence-electron chi connectivity index (χ4n) is 2.60. The van der Waals surface area contributed by atoms with E-state index in [-0.39, 0.29) is 9.92 Å². The van der Waals surface area contributed by atoms with Crippen LogP contribution in [0.1, 0.15) is 30.4 Å². The fourth-order valence-corrected chi connectivity index (χ4v) is 5.41. The molecule has 4 nitrogen and oxygen atoms in total. The summed E-state index contributed by atoms with van der Waals surface area (Å²) in [4.78, 5) is 11.2.